The van der Waals surface area contributed by atoms with Crippen LogP contribution in [0.1, 0.15) is 21.5 Å². The Hall–Kier alpha value is -5.16. The Morgan fingerprint density at radius 2 is 1.56 bits per heavy atom. The second-order valence-corrected chi connectivity index (χ2v) is 7.35. The van der Waals surface area contributed by atoms with Crippen molar-refractivity contribution in [2.75, 3.05) is 19.5 Å². The first-order chi connectivity index (χ1) is 17.6. The molecule has 0 bridgehead atoms. The van der Waals surface area contributed by atoms with E-state index in [-0.39, 0.29) is 0 Å². The molecule has 0 aliphatic rings. The number of nitrogens with one attached hydrogen (secondary N) is 1. The summed E-state index contributed by atoms with van der Waals surface area (Å²) >= 11 is 0. The fourth-order valence-electron chi connectivity index (χ4n) is 3.32. The van der Waals surface area contributed by atoms with Gasteiger partial charge in [0.2, 0.25) is 0 Å². The third-order valence-corrected chi connectivity index (χ3v) is 5.06. The van der Waals surface area contributed by atoms with Crippen LogP contribution in [0.25, 0.3) is 11.1 Å². The topological polar surface area (TPSA) is 99.6 Å². The van der Waals surface area contributed by atoms with Crippen LogP contribution in [-0.2, 0) is 4.74 Å². The van der Waals surface area contributed by atoms with Crippen LogP contribution in [0.2, 0.25) is 0 Å². The number of benzene rings is 2. The van der Waals surface area contributed by atoms with E-state index in [1.165, 1.54) is 19.5 Å². The van der Waals surface area contributed by atoms with Crippen LogP contribution in [0.3, 0.4) is 0 Å². The van der Waals surface area contributed by atoms with E-state index in [4.69, 9.17) is 14.2 Å². The second-order valence-electron chi connectivity index (χ2n) is 7.35. The minimum absolute atomic E-state index is 0.299. The number of pyridine rings is 2. The van der Waals surface area contributed by atoms with Crippen molar-refractivity contribution in [3.8, 4) is 34.5 Å². The van der Waals surface area contributed by atoms with Crippen LogP contribution < -0.4 is 14.8 Å². The molecule has 8 nitrogen and oxygen atoms in total. The van der Waals surface area contributed by atoms with Gasteiger partial charge in [-0.2, -0.15) is 0 Å². The maximum absolute atomic E-state index is 12.8. The summed E-state index contributed by atoms with van der Waals surface area (Å²) < 4.78 is 15.5. The van der Waals surface area contributed by atoms with Gasteiger partial charge in [-0.3, -0.25) is 15.3 Å². The van der Waals surface area contributed by atoms with Gasteiger partial charge in [-0.05, 0) is 54.6 Å². The number of rotatable bonds is 5. The lowest BCUT2D eigenvalue weighted by Crippen LogP contribution is -2.17. The number of amides is 1. The van der Waals surface area contributed by atoms with Crippen LogP contribution >= 0.6 is 0 Å². The minimum Gasteiger partial charge on any atom is -0.497 e. The summed E-state index contributed by atoms with van der Waals surface area (Å²) in [6.45, 7) is 0. The van der Waals surface area contributed by atoms with Gasteiger partial charge in [0.1, 0.15) is 11.5 Å². The number of ether oxygens (including phenoxy) is 3. The molecular weight excluding hydrogens is 458 g/mol. The zero-order valence-corrected chi connectivity index (χ0v) is 19.5. The number of hydrogen-bond acceptors (Lipinski definition) is 7. The quantitative estimate of drug-likeness (QED) is 0.319. The average molecular weight is 479 g/mol. The summed E-state index contributed by atoms with van der Waals surface area (Å²) in [6, 6.07) is 17.0. The molecule has 0 fully saturated rings. The average Bonchev–Trinajstić information content (AvgIpc) is 2.92. The highest BCUT2D eigenvalue weighted by Gasteiger charge is 2.18. The lowest BCUT2D eigenvalue weighted by atomic mass is 9.98. The summed E-state index contributed by atoms with van der Waals surface area (Å²) in [7, 11) is 2.85. The molecular formula is C28H21N3O5. The number of carbonyl (C=O) groups is 2. The Bertz CT molecular complexity index is 1440. The summed E-state index contributed by atoms with van der Waals surface area (Å²) in [5, 5.41) is 2.76. The number of hydrogen-bond donors (Lipinski definition) is 1. The van der Waals surface area contributed by atoms with Crippen molar-refractivity contribution >= 4 is 17.7 Å². The molecule has 0 unspecified atom stereocenters. The monoisotopic (exact) mass is 479 g/mol. The number of nitrogens with zero attached hydrogens (tertiary/aromatic N) is 2. The van der Waals surface area contributed by atoms with Gasteiger partial charge >= 0.3 is 12.1 Å². The van der Waals surface area contributed by atoms with Crippen LogP contribution in [-0.4, -0.2) is 36.3 Å². The van der Waals surface area contributed by atoms with Crippen LogP contribution in [0.5, 0.6) is 11.5 Å². The van der Waals surface area contributed by atoms with E-state index in [9.17, 15) is 9.59 Å². The SMILES string of the molecule is COC(=O)c1ccncc1-c1ccc(C#Cc2cccnc2)cc1NC(=O)Oc1ccc(OC)cc1. The summed E-state index contributed by atoms with van der Waals surface area (Å²) in [5.74, 6) is 6.54. The molecule has 0 atom stereocenters. The molecule has 0 saturated carbocycles. The Labute approximate surface area is 207 Å². The Balaban J connectivity index is 1.70. The van der Waals surface area contributed by atoms with E-state index >= 15 is 0 Å². The molecule has 4 aromatic rings. The molecule has 1 amide bonds. The van der Waals surface area contributed by atoms with E-state index < -0.39 is 12.1 Å². The highest BCUT2D eigenvalue weighted by molar-refractivity contribution is 6.01. The van der Waals surface area contributed by atoms with Gasteiger partial charge in [0.25, 0.3) is 0 Å². The van der Waals surface area contributed by atoms with Crippen molar-refractivity contribution in [3.05, 3.63) is 102 Å². The Morgan fingerprint density at radius 1 is 0.806 bits per heavy atom. The van der Waals surface area contributed by atoms with Gasteiger partial charge in [-0.1, -0.05) is 17.9 Å². The van der Waals surface area contributed by atoms with E-state index in [2.05, 4.69) is 27.1 Å². The molecule has 4 rings (SSSR count). The predicted molar refractivity (Wildman–Crippen MR) is 134 cm³/mol. The molecule has 8 heteroatoms. The molecule has 0 aliphatic carbocycles. The van der Waals surface area contributed by atoms with Gasteiger partial charge in [-0.15, -0.1) is 0 Å². The van der Waals surface area contributed by atoms with Crippen LogP contribution in [0, 0.1) is 11.8 Å². The fourth-order valence-corrected chi connectivity index (χ4v) is 3.32. The van der Waals surface area contributed by atoms with Crippen molar-refractivity contribution in [1.29, 1.82) is 0 Å². The summed E-state index contributed by atoms with van der Waals surface area (Å²) in [6.07, 6.45) is 5.63. The zero-order valence-electron chi connectivity index (χ0n) is 19.5. The largest absolute Gasteiger partial charge is 0.497 e. The third-order valence-electron chi connectivity index (χ3n) is 5.06. The molecule has 2 aromatic heterocycles. The van der Waals surface area contributed by atoms with Gasteiger partial charge in [-0.25, -0.2) is 9.59 Å². The molecule has 0 radical (unpaired) electrons. The Kier molecular flexibility index (Phi) is 7.54. The lowest BCUT2D eigenvalue weighted by Gasteiger charge is -2.14. The zero-order chi connectivity index (χ0) is 25.3. The molecule has 2 heterocycles. The molecule has 0 spiro atoms. The normalized spacial score (nSPS) is 9.94. The van der Waals surface area contributed by atoms with Gasteiger partial charge in [0, 0.05) is 47.0 Å². The lowest BCUT2D eigenvalue weighted by molar-refractivity contribution is 0.0601. The number of esters is 1. The summed E-state index contributed by atoms with van der Waals surface area (Å²) in [5.41, 5.74) is 3.08. The highest BCUT2D eigenvalue weighted by Crippen LogP contribution is 2.32. The van der Waals surface area contributed by atoms with E-state index in [1.807, 2.05) is 6.07 Å². The van der Waals surface area contributed by atoms with E-state index in [1.54, 1.807) is 74.1 Å². The molecule has 0 saturated heterocycles. The second kappa shape index (κ2) is 11.3. The molecule has 0 aliphatic heterocycles. The van der Waals surface area contributed by atoms with Crippen molar-refractivity contribution in [2.24, 2.45) is 0 Å². The van der Waals surface area contributed by atoms with Crippen LogP contribution in [0.4, 0.5) is 10.5 Å². The van der Waals surface area contributed by atoms with Gasteiger partial charge < -0.3 is 14.2 Å². The van der Waals surface area contributed by atoms with Crippen molar-refractivity contribution < 1.29 is 23.8 Å². The predicted octanol–water partition coefficient (Wildman–Crippen LogP) is 4.95. The van der Waals surface area contributed by atoms with E-state index in [0.717, 1.165) is 5.56 Å². The maximum Gasteiger partial charge on any atom is 0.417 e. The maximum atomic E-state index is 12.8. The molecule has 1 N–H and O–H groups in total. The van der Waals surface area contributed by atoms with E-state index in [0.29, 0.717) is 39.4 Å². The van der Waals surface area contributed by atoms with Crippen LogP contribution in [0.15, 0.2) is 85.5 Å². The number of anilines is 1. The first-order valence-corrected chi connectivity index (χ1v) is 10.8. The van der Waals surface area contributed by atoms with Crippen molar-refractivity contribution in [1.82, 2.24) is 9.97 Å². The van der Waals surface area contributed by atoms with Crippen molar-refractivity contribution in [3.63, 3.8) is 0 Å². The number of methoxy groups -OCH3 is 2. The smallest absolute Gasteiger partial charge is 0.417 e. The highest BCUT2D eigenvalue weighted by atomic mass is 16.6. The minimum atomic E-state index is -0.720. The van der Waals surface area contributed by atoms with Gasteiger partial charge in [0.05, 0.1) is 25.5 Å². The first-order valence-electron chi connectivity index (χ1n) is 10.8. The molecule has 178 valence electrons. The number of carbonyl (C=O) groups excluding carboxylic acids is 2. The van der Waals surface area contributed by atoms with Gasteiger partial charge in [0.15, 0.2) is 0 Å². The standard InChI is InChI=1S/C28H21N3O5/c1-34-21-8-10-22(11-9-21)36-28(33)31-26-16-19(5-6-20-4-3-14-29-17-20)7-12-23(26)25-18-30-15-13-24(25)27(32)35-2/h3-4,7-18H,1-2H3,(H,31,33). The van der Waals surface area contributed by atoms with Crippen molar-refractivity contribution in [2.45, 2.75) is 0 Å². The number of aromatic nitrogens is 2. The Morgan fingerprint density at radius 3 is 2.28 bits per heavy atom. The first kappa shape index (κ1) is 24.0. The third kappa shape index (κ3) is 5.85. The summed E-state index contributed by atoms with van der Waals surface area (Å²) in [4.78, 5) is 33.3. The molecule has 36 heavy (non-hydrogen) atoms. The fraction of sp³-hybridized carbons (Fsp3) is 0.0714. The molecule has 2 aromatic carbocycles.